The number of ether oxygens (including phenoxy) is 2. The smallest absolute Gasteiger partial charge is 0.348 e. The molecule has 0 saturated carbocycles. The highest BCUT2D eigenvalue weighted by atomic mass is 16.5. The standard InChI is InChI=1S/C22H26N6O4/c1-5-19-25-28(22(30)24-16-10-8-12-18(14-16)32-4)20(6-2)26-27(19)21(29)23-15-9-7-11-17(13-15)31-3/h7-14H,5-6H2,1-4H3,(H,23,29)(H,24,30). The van der Waals surface area contributed by atoms with E-state index >= 15 is 0 Å². The lowest BCUT2D eigenvalue weighted by Gasteiger charge is -2.29. The van der Waals surface area contributed by atoms with Crippen LogP contribution in [0.1, 0.15) is 26.7 Å². The van der Waals surface area contributed by atoms with Gasteiger partial charge < -0.3 is 20.1 Å². The summed E-state index contributed by atoms with van der Waals surface area (Å²) >= 11 is 0. The number of rotatable bonds is 6. The minimum Gasteiger partial charge on any atom is -0.497 e. The number of benzene rings is 2. The molecule has 0 radical (unpaired) electrons. The molecule has 1 aliphatic rings. The molecular weight excluding hydrogens is 412 g/mol. The molecule has 168 valence electrons. The number of methoxy groups -OCH3 is 2. The van der Waals surface area contributed by atoms with Gasteiger partial charge in [-0.25, -0.2) is 9.59 Å². The molecule has 0 saturated heterocycles. The van der Waals surface area contributed by atoms with E-state index in [0.717, 1.165) is 0 Å². The summed E-state index contributed by atoms with van der Waals surface area (Å²) in [6, 6.07) is 13.0. The van der Waals surface area contributed by atoms with Gasteiger partial charge in [0.15, 0.2) is 11.7 Å². The lowest BCUT2D eigenvalue weighted by atomic mass is 10.3. The maximum Gasteiger partial charge on any atom is 0.348 e. The first kappa shape index (κ1) is 22.6. The average molecular weight is 438 g/mol. The fraction of sp³-hybridized carbons (Fsp3) is 0.273. The van der Waals surface area contributed by atoms with E-state index in [1.807, 2.05) is 13.8 Å². The van der Waals surface area contributed by atoms with Gasteiger partial charge in [-0.05, 0) is 24.3 Å². The highest BCUT2D eigenvalue weighted by Crippen LogP contribution is 2.21. The number of amides is 4. The van der Waals surface area contributed by atoms with Crippen LogP contribution in [0.15, 0.2) is 58.7 Å². The molecule has 0 bridgehead atoms. The minimum atomic E-state index is -0.488. The second-order valence-electron chi connectivity index (χ2n) is 6.69. The first-order chi connectivity index (χ1) is 15.5. The SMILES string of the molecule is CCC1=NN(C(=O)Nc2cccc(OC)c2)C(CC)=NN1C(=O)Nc1cccc(OC)c1. The van der Waals surface area contributed by atoms with Crippen LogP contribution in [-0.2, 0) is 0 Å². The normalized spacial score (nSPS) is 13.1. The van der Waals surface area contributed by atoms with Crippen molar-refractivity contribution in [1.29, 1.82) is 0 Å². The van der Waals surface area contributed by atoms with Gasteiger partial charge in [-0.2, -0.15) is 10.0 Å². The Morgan fingerprint density at radius 3 is 1.53 bits per heavy atom. The molecule has 0 spiro atoms. The fourth-order valence-electron chi connectivity index (χ4n) is 2.95. The highest BCUT2D eigenvalue weighted by molar-refractivity contribution is 6.10. The molecule has 0 unspecified atom stereocenters. The first-order valence-corrected chi connectivity index (χ1v) is 10.1. The molecule has 1 heterocycles. The Bertz CT molecular complexity index is 969. The van der Waals surface area contributed by atoms with Gasteiger partial charge in [0.05, 0.1) is 14.2 Å². The summed E-state index contributed by atoms with van der Waals surface area (Å²) < 4.78 is 10.4. The Morgan fingerprint density at radius 1 is 0.781 bits per heavy atom. The fourth-order valence-corrected chi connectivity index (χ4v) is 2.95. The van der Waals surface area contributed by atoms with E-state index in [0.29, 0.717) is 47.4 Å². The predicted molar refractivity (Wildman–Crippen MR) is 123 cm³/mol. The second kappa shape index (κ2) is 10.3. The molecule has 0 aromatic heterocycles. The predicted octanol–water partition coefficient (Wildman–Crippen LogP) is 4.53. The van der Waals surface area contributed by atoms with Crippen molar-refractivity contribution >= 4 is 35.1 Å². The molecule has 0 fully saturated rings. The third-order valence-electron chi connectivity index (χ3n) is 4.58. The summed E-state index contributed by atoms with van der Waals surface area (Å²) in [6.45, 7) is 3.66. The second-order valence-corrected chi connectivity index (χ2v) is 6.69. The molecule has 10 nitrogen and oxygen atoms in total. The lowest BCUT2D eigenvalue weighted by Crippen LogP contribution is -2.46. The van der Waals surface area contributed by atoms with Crippen LogP contribution in [0.5, 0.6) is 11.5 Å². The zero-order valence-electron chi connectivity index (χ0n) is 18.5. The zero-order valence-corrected chi connectivity index (χ0v) is 18.5. The van der Waals surface area contributed by atoms with Gasteiger partial charge in [-0.15, -0.1) is 10.2 Å². The number of hydrogen-bond acceptors (Lipinski definition) is 6. The molecule has 0 aliphatic carbocycles. The van der Waals surface area contributed by atoms with E-state index in [2.05, 4.69) is 20.8 Å². The third kappa shape index (κ3) is 5.15. The molecule has 10 heteroatoms. The molecule has 2 aromatic carbocycles. The van der Waals surface area contributed by atoms with Gasteiger partial charge in [0.1, 0.15) is 11.5 Å². The number of hydrazone groups is 2. The van der Waals surface area contributed by atoms with Crippen LogP contribution in [0.2, 0.25) is 0 Å². The van der Waals surface area contributed by atoms with Gasteiger partial charge >= 0.3 is 12.1 Å². The molecule has 4 amide bonds. The molecule has 0 atom stereocenters. The van der Waals surface area contributed by atoms with Crippen LogP contribution in [0.25, 0.3) is 0 Å². The van der Waals surface area contributed by atoms with Crippen molar-refractivity contribution in [1.82, 2.24) is 10.0 Å². The number of nitrogens with zero attached hydrogens (tertiary/aromatic N) is 4. The largest absolute Gasteiger partial charge is 0.497 e. The Balaban J connectivity index is 1.79. The van der Waals surface area contributed by atoms with E-state index in [4.69, 9.17) is 9.47 Å². The van der Waals surface area contributed by atoms with E-state index in [9.17, 15) is 9.59 Å². The number of carbonyl (C=O) groups excluding carboxylic acids is 2. The summed E-state index contributed by atoms with van der Waals surface area (Å²) in [5.74, 6) is 1.87. The minimum absolute atomic E-state index is 0.323. The molecule has 3 rings (SSSR count). The summed E-state index contributed by atoms with van der Waals surface area (Å²) in [5, 5.41) is 16.7. The van der Waals surface area contributed by atoms with Crippen LogP contribution in [0, 0.1) is 0 Å². The van der Waals surface area contributed by atoms with E-state index in [1.54, 1.807) is 62.8 Å². The summed E-state index contributed by atoms with van der Waals surface area (Å²) in [7, 11) is 3.10. The number of anilines is 2. The van der Waals surface area contributed by atoms with Gasteiger partial charge in [0.2, 0.25) is 0 Å². The Morgan fingerprint density at radius 2 is 1.19 bits per heavy atom. The van der Waals surface area contributed by atoms with Crippen LogP contribution < -0.4 is 20.1 Å². The maximum absolute atomic E-state index is 12.9. The number of urea groups is 2. The Kier molecular flexibility index (Phi) is 7.27. The molecular formula is C22H26N6O4. The molecule has 32 heavy (non-hydrogen) atoms. The van der Waals surface area contributed by atoms with E-state index < -0.39 is 12.1 Å². The van der Waals surface area contributed by atoms with Crippen molar-refractivity contribution in [3.63, 3.8) is 0 Å². The number of nitrogens with one attached hydrogen (secondary N) is 2. The van der Waals surface area contributed by atoms with Gasteiger partial charge in [-0.1, -0.05) is 26.0 Å². The van der Waals surface area contributed by atoms with Crippen LogP contribution >= 0.6 is 0 Å². The monoisotopic (exact) mass is 438 g/mol. The van der Waals surface area contributed by atoms with E-state index in [1.165, 1.54) is 10.0 Å². The average Bonchev–Trinajstić information content (AvgIpc) is 2.83. The van der Waals surface area contributed by atoms with Gasteiger partial charge in [-0.3, -0.25) is 0 Å². The maximum atomic E-state index is 12.9. The quantitative estimate of drug-likeness (QED) is 0.691. The number of hydrogen-bond donors (Lipinski definition) is 2. The Labute approximate surface area is 186 Å². The van der Waals surface area contributed by atoms with Crippen molar-refractivity contribution in [2.75, 3.05) is 24.9 Å². The summed E-state index contributed by atoms with van der Waals surface area (Å²) in [6.07, 6.45) is 0.768. The van der Waals surface area contributed by atoms with Crippen molar-refractivity contribution in [3.05, 3.63) is 48.5 Å². The van der Waals surface area contributed by atoms with Gasteiger partial charge in [0.25, 0.3) is 0 Å². The van der Waals surface area contributed by atoms with Crippen LogP contribution in [0.3, 0.4) is 0 Å². The molecule has 1 aliphatic heterocycles. The number of amidine groups is 2. The summed E-state index contributed by atoms with van der Waals surface area (Å²) in [4.78, 5) is 25.8. The van der Waals surface area contributed by atoms with Crippen LogP contribution in [-0.4, -0.2) is 48.0 Å². The lowest BCUT2D eigenvalue weighted by molar-refractivity contribution is 0.223. The topological polar surface area (TPSA) is 108 Å². The van der Waals surface area contributed by atoms with Crippen molar-refractivity contribution in [3.8, 4) is 11.5 Å². The van der Waals surface area contributed by atoms with Crippen molar-refractivity contribution in [2.45, 2.75) is 26.7 Å². The zero-order chi connectivity index (χ0) is 23.1. The number of carbonyl (C=O) groups is 2. The van der Waals surface area contributed by atoms with Crippen molar-refractivity contribution in [2.24, 2.45) is 10.2 Å². The third-order valence-corrected chi connectivity index (χ3v) is 4.58. The summed E-state index contributed by atoms with van der Waals surface area (Å²) in [5.41, 5.74) is 1.10. The van der Waals surface area contributed by atoms with Gasteiger partial charge in [0, 0.05) is 36.3 Å². The van der Waals surface area contributed by atoms with E-state index in [-0.39, 0.29) is 0 Å². The van der Waals surface area contributed by atoms with Crippen LogP contribution in [0.4, 0.5) is 21.0 Å². The first-order valence-electron chi connectivity index (χ1n) is 10.1. The highest BCUT2D eigenvalue weighted by Gasteiger charge is 2.30. The van der Waals surface area contributed by atoms with Crippen molar-refractivity contribution < 1.29 is 19.1 Å². The molecule has 2 N–H and O–H groups in total. The molecule has 2 aromatic rings. The Hall–Kier alpha value is -4.08.